The van der Waals surface area contributed by atoms with Gasteiger partial charge < -0.3 is 4.90 Å². The summed E-state index contributed by atoms with van der Waals surface area (Å²) in [4.78, 5) is 18.2. The van der Waals surface area contributed by atoms with Crippen LogP contribution < -0.4 is 0 Å². The molecular weight excluding hydrogens is 236 g/mol. The second-order valence-corrected chi connectivity index (χ2v) is 4.94. The standard InChI is InChI=1S/C13H17ClN2O/c1-2-16(9-10-4-3-5-10)13(17)12-8-11(14)6-7-15-12/h6-8,10H,2-5,9H2,1H3. The minimum Gasteiger partial charge on any atom is -0.337 e. The number of rotatable bonds is 4. The Bertz CT molecular complexity index is 404. The van der Waals surface area contributed by atoms with Crippen LogP contribution >= 0.6 is 11.6 Å². The molecule has 1 aliphatic rings. The fourth-order valence-electron chi connectivity index (χ4n) is 2.03. The van der Waals surface area contributed by atoms with Gasteiger partial charge in [0.2, 0.25) is 0 Å². The van der Waals surface area contributed by atoms with Gasteiger partial charge in [-0.1, -0.05) is 18.0 Å². The zero-order valence-corrected chi connectivity index (χ0v) is 10.8. The molecule has 2 rings (SSSR count). The highest BCUT2D eigenvalue weighted by Gasteiger charge is 2.23. The van der Waals surface area contributed by atoms with Crippen LogP contribution in [0, 0.1) is 5.92 Å². The van der Waals surface area contributed by atoms with Crippen LogP contribution in [-0.2, 0) is 0 Å². The van der Waals surface area contributed by atoms with Crippen LogP contribution in [0.1, 0.15) is 36.7 Å². The van der Waals surface area contributed by atoms with Crippen LogP contribution in [0.15, 0.2) is 18.3 Å². The van der Waals surface area contributed by atoms with Crippen molar-refractivity contribution in [2.24, 2.45) is 5.92 Å². The molecule has 0 spiro atoms. The molecule has 1 fully saturated rings. The number of carbonyl (C=O) groups excluding carboxylic acids is 1. The van der Waals surface area contributed by atoms with E-state index >= 15 is 0 Å². The molecule has 0 aromatic carbocycles. The van der Waals surface area contributed by atoms with Crippen molar-refractivity contribution >= 4 is 17.5 Å². The molecule has 0 bridgehead atoms. The molecule has 0 unspecified atom stereocenters. The van der Waals surface area contributed by atoms with Crippen LogP contribution in [0.3, 0.4) is 0 Å². The number of pyridine rings is 1. The van der Waals surface area contributed by atoms with Gasteiger partial charge in [0.1, 0.15) is 5.69 Å². The highest BCUT2D eigenvalue weighted by molar-refractivity contribution is 6.30. The summed E-state index contributed by atoms with van der Waals surface area (Å²) in [6.45, 7) is 3.58. The van der Waals surface area contributed by atoms with Gasteiger partial charge in [0, 0.05) is 24.3 Å². The fourth-order valence-corrected chi connectivity index (χ4v) is 2.19. The maximum atomic E-state index is 12.2. The number of aromatic nitrogens is 1. The summed E-state index contributed by atoms with van der Waals surface area (Å²) in [7, 11) is 0. The molecule has 0 radical (unpaired) electrons. The van der Waals surface area contributed by atoms with Gasteiger partial charge in [-0.2, -0.15) is 0 Å². The first-order valence-corrected chi connectivity index (χ1v) is 6.49. The lowest BCUT2D eigenvalue weighted by atomic mass is 9.85. The molecule has 1 saturated carbocycles. The van der Waals surface area contributed by atoms with Crippen LogP contribution in [0.25, 0.3) is 0 Å². The van der Waals surface area contributed by atoms with Gasteiger partial charge in [-0.3, -0.25) is 9.78 Å². The Morgan fingerprint density at radius 1 is 1.59 bits per heavy atom. The monoisotopic (exact) mass is 252 g/mol. The van der Waals surface area contributed by atoms with Crippen LogP contribution in [0.2, 0.25) is 5.02 Å². The molecule has 17 heavy (non-hydrogen) atoms. The molecule has 92 valence electrons. The van der Waals surface area contributed by atoms with Crippen molar-refractivity contribution in [3.63, 3.8) is 0 Å². The second-order valence-electron chi connectivity index (χ2n) is 4.50. The van der Waals surface area contributed by atoms with E-state index in [0.29, 0.717) is 16.6 Å². The van der Waals surface area contributed by atoms with E-state index in [4.69, 9.17) is 11.6 Å². The minimum atomic E-state index is -0.0121. The molecule has 0 N–H and O–H groups in total. The number of hydrogen-bond acceptors (Lipinski definition) is 2. The molecule has 3 nitrogen and oxygen atoms in total. The summed E-state index contributed by atoms with van der Waals surface area (Å²) in [5.74, 6) is 0.667. The number of halogens is 1. The molecule has 1 aliphatic carbocycles. The van der Waals surface area contributed by atoms with Crippen molar-refractivity contribution in [3.05, 3.63) is 29.0 Å². The average molecular weight is 253 g/mol. The predicted octanol–water partition coefficient (Wildman–Crippen LogP) is 3.00. The smallest absolute Gasteiger partial charge is 0.272 e. The molecule has 0 atom stereocenters. The third-order valence-electron chi connectivity index (χ3n) is 3.31. The Morgan fingerprint density at radius 3 is 2.88 bits per heavy atom. The Kier molecular flexibility index (Phi) is 4.00. The van der Waals surface area contributed by atoms with Crippen molar-refractivity contribution in [1.29, 1.82) is 0 Å². The van der Waals surface area contributed by atoms with Crippen molar-refractivity contribution < 1.29 is 4.79 Å². The highest BCUT2D eigenvalue weighted by Crippen LogP contribution is 2.27. The Labute approximate surface area is 107 Å². The highest BCUT2D eigenvalue weighted by atomic mass is 35.5. The molecule has 0 aliphatic heterocycles. The first kappa shape index (κ1) is 12.4. The van der Waals surface area contributed by atoms with Crippen LogP contribution in [0.5, 0.6) is 0 Å². The van der Waals surface area contributed by atoms with Gasteiger partial charge >= 0.3 is 0 Å². The quantitative estimate of drug-likeness (QED) is 0.825. The van der Waals surface area contributed by atoms with Crippen molar-refractivity contribution in [2.75, 3.05) is 13.1 Å². The predicted molar refractivity (Wildman–Crippen MR) is 68.2 cm³/mol. The summed E-state index contributed by atoms with van der Waals surface area (Å²) in [6.07, 6.45) is 5.36. The molecule has 1 aromatic heterocycles. The lowest BCUT2D eigenvalue weighted by Gasteiger charge is -2.31. The van der Waals surface area contributed by atoms with E-state index in [1.807, 2.05) is 11.8 Å². The Hall–Kier alpha value is -1.09. The Morgan fingerprint density at radius 2 is 2.35 bits per heavy atom. The summed E-state index contributed by atoms with van der Waals surface area (Å²) in [5, 5.41) is 0.558. The SMILES string of the molecule is CCN(CC1CCC1)C(=O)c1cc(Cl)ccn1. The van der Waals surface area contributed by atoms with E-state index in [0.717, 1.165) is 13.1 Å². The van der Waals surface area contributed by atoms with Crippen molar-refractivity contribution in [1.82, 2.24) is 9.88 Å². The minimum absolute atomic E-state index is 0.0121. The first-order chi connectivity index (χ1) is 8.20. The summed E-state index contributed by atoms with van der Waals surface area (Å²) >= 11 is 5.87. The molecule has 1 aromatic rings. The van der Waals surface area contributed by atoms with E-state index in [9.17, 15) is 4.79 Å². The van der Waals surface area contributed by atoms with Crippen LogP contribution in [0.4, 0.5) is 0 Å². The fraction of sp³-hybridized carbons (Fsp3) is 0.538. The van der Waals surface area contributed by atoms with E-state index in [1.165, 1.54) is 19.3 Å². The first-order valence-electron chi connectivity index (χ1n) is 6.11. The molecule has 1 heterocycles. The zero-order valence-electron chi connectivity index (χ0n) is 10.0. The maximum absolute atomic E-state index is 12.2. The van der Waals surface area contributed by atoms with Gasteiger partial charge in [-0.15, -0.1) is 0 Å². The average Bonchev–Trinajstić information content (AvgIpc) is 2.27. The lowest BCUT2D eigenvalue weighted by Crippen LogP contribution is -2.37. The third-order valence-corrected chi connectivity index (χ3v) is 3.55. The van der Waals surface area contributed by atoms with E-state index < -0.39 is 0 Å². The second kappa shape index (κ2) is 5.50. The van der Waals surface area contributed by atoms with Gasteiger partial charge in [-0.05, 0) is 37.8 Å². The van der Waals surface area contributed by atoms with Gasteiger partial charge in [0.05, 0.1) is 0 Å². The van der Waals surface area contributed by atoms with Gasteiger partial charge in [-0.25, -0.2) is 0 Å². The van der Waals surface area contributed by atoms with Gasteiger partial charge in [0.25, 0.3) is 5.91 Å². The third kappa shape index (κ3) is 2.97. The number of hydrogen-bond donors (Lipinski definition) is 0. The number of carbonyl (C=O) groups is 1. The maximum Gasteiger partial charge on any atom is 0.272 e. The number of amides is 1. The van der Waals surface area contributed by atoms with Crippen molar-refractivity contribution in [2.45, 2.75) is 26.2 Å². The normalized spacial score (nSPS) is 15.4. The van der Waals surface area contributed by atoms with E-state index in [2.05, 4.69) is 4.98 Å². The van der Waals surface area contributed by atoms with Gasteiger partial charge in [0.15, 0.2) is 0 Å². The summed E-state index contributed by atoms with van der Waals surface area (Å²) in [6, 6.07) is 3.31. The van der Waals surface area contributed by atoms with Crippen molar-refractivity contribution in [3.8, 4) is 0 Å². The number of nitrogens with zero attached hydrogens (tertiary/aromatic N) is 2. The molecule has 4 heteroatoms. The van der Waals surface area contributed by atoms with Crippen LogP contribution in [-0.4, -0.2) is 28.9 Å². The van der Waals surface area contributed by atoms with E-state index in [1.54, 1.807) is 18.3 Å². The lowest BCUT2D eigenvalue weighted by molar-refractivity contribution is 0.0700. The largest absolute Gasteiger partial charge is 0.337 e. The molecule has 0 saturated heterocycles. The summed E-state index contributed by atoms with van der Waals surface area (Å²) < 4.78 is 0. The topological polar surface area (TPSA) is 33.2 Å². The molecular formula is C13H17ClN2O. The van der Waals surface area contributed by atoms with E-state index in [-0.39, 0.29) is 5.91 Å². The Balaban J connectivity index is 2.05. The summed E-state index contributed by atoms with van der Waals surface area (Å²) in [5.41, 5.74) is 0.443. The zero-order chi connectivity index (χ0) is 12.3. The molecule has 1 amide bonds.